The molecule has 2 aliphatic carbocycles. The molecule has 0 heterocycles. The molecule has 3 unspecified atom stereocenters. The molecule has 18 heavy (non-hydrogen) atoms. The smallest absolute Gasteiger partial charge is 0.00698 e. The molecule has 0 aliphatic heterocycles. The highest BCUT2D eigenvalue weighted by atomic mass is 14.9. The van der Waals surface area contributed by atoms with E-state index in [4.69, 9.17) is 0 Å². The van der Waals surface area contributed by atoms with Gasteiger partial charge >= 0.3 is 0 Å². The first-order chi connectivity index (χ1) is 8.74. The van der Waals surface area contributed by atoms with Crippen LogP contribution in [-0.4, -0.2) is 12.6 Å². The number of hydrogen-bond acceptors (Lipinski definition) is 1. The number of hydrogen-bond donors (Lipinski definition) is 1. The molecule has 0 bridgehead atoms. The van der Waals surface area contributed by atoms with Gasteiger partial charge in [0.1, 0.15) is 0 Å². The average molecular weight is 249 g/mol. The van der Waals surface area contributed by atoms with E-state index in [9.17, 15) is 0 Å². The lowest BCUT2D eigenvalue weighted by Crippen LogP contribution is -2.37. The highest BCUT2D eigenvalue weighted by molar-refractivity contribution is 4.91. The van der Waals surface area contributed by atoms with Crippen molar-refractivity contribution in [2.24, 2.45) is 17.8 Å². The summed E-state index contributed by atoms with van der Waals surface area (Å²) in [7, 11) is 0. The van der Waals surface area contributed by atoms with Gasteiger partial charge in [-0.05, 0) is 62.8 Å². The lowest BCUT2D eigenvalue weighted by Gasteiger charge is -2.32. The van der Waals surface area contributed by atoms with Crippen molar-refractivity contribution in [2.75, 3.05) is 6.54 Å². The minimum absolute atomic E-state index is 0.813. The van der Waals surface area contributed by atoms with Gasteiger partial charge in [0.15, 0.2) is 0 Å². The van der Waals surface area contributed by atoms with E-state index in [-0.39, 0.29) is 0 Å². The molecular weight excluding hydrogens is 218 g/mol. The molecule has 2 aliphatic rings. The maximum Gasteiger partial charge on any atom is 0.00698 e. The van der Waals surface area contributed by atoms with Crippen molar-refractivity contribution in [1.29, 1.82) is 0 Å². The van der Waals surface area contributed by atoms with Crippen LogP contribution in [0.2, 0.25) is 0 Å². The minimum Gasteiger partial charge on any atom is -0.314 e. The summed E-state index contributed by atoms with van der Waals surface area (Å²) in [5.41, 5.74) is 0. The molecule has 0 amide bonds. The largest absolute Gasteiger partial charge is 0.314 e. The Morgan fingerprint density at radius 3 is 2.72 bits per heavy atom. The highest BCUT2D eigenvalue weighted by Crippen LogP contribution is 2.29. The second-order valence-corrected chi connectivity index (χ2v) is 6.92. The van der Waals surface area contributed by atoms with Gasteiger partial charge in [0, 0.05) is 6.04 Å². The maximum atomic E-state index is 3.86. The van der Waals surface area contributed by atoms with Crippen LogP contribution in [0, 0.1) is 17.8 Å². The van der Waals surface area contributed by atoms with E-state index in [0.717, 1.165) is 23.8 Å². The van der Waals surface area contributed by atoms with Crippen molar-refractivity contribution < 1.29 is 0 Å². The lowest BCUT2D eigenvalue weighted by molar-refractivity contribution is 0.244. The quantitative estimate of drug-likeness (QED) is 0.706. The summed E-state index contributed by atoms with van der Waals surface area (Å²) < 4.78 is 0. The van der Waals surface area contributed by atoms with E-state index >= 15 is 0 Å². The molecular formula is C17H31N. The molecule has 0 aromatic carbocycles. The third-order valence-electron chi connectivity index (χ3n) is 4.66. The minimum atomic E-state index is 0.813. The zero-order valence-corrected chi connectivity index (χ0v) is 12.3. The fraction of sp³-hybridized carbons (Fsp3) is 0.882. The summed E-state index contributed by atoms with van der Waals surface area (Å²) in [6.07, 6.45) is 15.9. The summed E-state index contributed by atoms with van der Waals surface area (Å²) >= 11 is 0. The van der Waals surface area contributed by atoms with Crippen molar-refractivity contribution in [2.45, 2.75) is 71.3 Å². The zero-order valence-electron chi connectivity index (χ0n) is 12.3. The Hall–Kier alpha value is -0.300. The first-order valence-corrected chi connectivity index (χ1v) is 8.12. The van der Waals surface area contributed by atoms with Crippen LogP contribution in [0.3, 0.4) is 0 Å². The van der Waals surface area contributed by atoms with Gasteiger partial charge in [0.05, 0.1) is 0 Å². The fourth-order valence-corrected chi connectivity index (χ4v) is 3.73. The summed E-state index contributed by atoms with van der Waals surface area (Å²) in [4.78, 5) is 0. The topological polar surface area (TPSA) is 12.0 Å². The van der Waals surface area contributed by atoms with Gasteiger partial charge in [-0.2, -0.15) is 0 Å². The molecule has 0 aromatic heterocycles. The first-order valence-electron chi connectivity index (χ1n) is 8.12. The number of nitrogens with one attached hydrogen (secondary N) is 1. The van der Waals surface area contributed by atoms with Gasteiger partial charge in [-0.1, -0.05) is 38.8 Å². The van der Waals surface area contributed by atoms with Crippen LogP contribution in [-0.2, 0) is 0 Å². The van der Waals surface area contributed by atoms with E-state index in [2.05, 4.69) is 31.3 Å². The summed E-state index contributed by atoms with van der Waals surface area (Å²) in [5, 5.41) is 3.86. The second-order valence-electron chi connectivity index (χ2n) is 6.92. The van der Waals surface area contributed by atoms with Crippen molar-refractivity contribution in [3.8, 4) is 0 Å². The molecule has 0 saturated heterocycles. The lowest BCUT2D eigenvalue weighted by atomic mass is 9.81. The molecule has 0 spiro atoms. The van der Waals surface area contributed by atoms with Crippen LogP contribution in [0.1, 0.15) is 65.2 Å². The van der Waals surface area contributed by atoms with Crippen molar-refractivity contribution in [1.82, 2.24) is 5.32 Å². The van der Waals surface area contributed by atoms with Crippen molar-refractivity contribution in [3.63, 3.8) is 0 Å². The van der Waals surface area contributed by atoms with Crippen LogP contribution >= 0.6 is 0 Å². The number of allylic oxidation sites excluding steroid dienone is 2. The number of rotatable bonds is 5. The standard InChI is InChI=1S/C17H31N/c1-14(2)11-16-9-6-10-17(12-16)18-13-15-7-4-3-5-8-15/h3-4,14-18H,5-13H2,1-2H3. The summed E-state index contributed by atoms with van der Waals surface area (Å²) in [6.45, 7) is 5.99. The molecule has 1 fully saturated rings. The van der Waals surface area contributed by atoms with Gasteiger partial charge in [0.25, 0.3) is 0 Å². The summed E-state index contributed by atoms with van der Waals surface area (Å²) in [5.74, 6) is 2.76. The molecule has 0 aromatic rings. The van der Waals surface area contributed by atoms with E-state index in [1.807, 2.05) is 0 Å². The van der Waals surface area contributed by atoms with Gasteiger partial charge < -0.3 is 5.32 Å². The van der Waals surface area contributed by atoms with Crippen LogP contribution in [0.4, 0.5) is 0 Å². The predicted molar refractivity (Wildman–Crippen MR) is 79.7 cm³/mol. The zero-order chi connectivity index (χ0) is 12.8. The Morgan fingerprint density at radius 1 is 1.11 bits per heavy atom. The van der Waals surface area contributed by atoms with Crippen LogP contribution in [0.15, 0.2) is 12.2 Å². The van der Waals surface area contributed by atoms with Gasteiger partial charge in [0.2, 0.25) is 0 Å². The normalized spacial score (nSPS) is 32.9. The molecule has 0 radical (unpaired) electrons. The highest BCUT2D eigenvalue weighted by Gasteiger charge is 2.23. The molecule has 1 saturated carbocycles. The fourth-order valence-electron chi connectivity index (χ4n) is 3.73. The van der Waals surface area contributed by atoms with Crippen LogP contribution in [0.5, 0.6) is 0 Å². The van der Waals surface area contributed by atoms with Crippen LogP contribution < -0.4 is 5.32 Å². The van der Waals surface area contributed by atoms with E-state index in [1.165, 1.54) is 57.9 Å². The van der Waals surface area contributed by atoms with Gasteiger partial charge in [-0.25, -0.2) is 0 Å². The molecule has 1 N–H and O–H groups in total. The SMILES string of the molecule is CC(C)CC1CCCC(NCC2CC=CCC2)C1. The molecule has 3 atom stereocenters. The predicted octanol–water partition coefficient (Wildman–Crippen LogP) is 4.54. The summed E-state index contributed by atoms with van der Waals surface area (Å²) in [6, 6.07) is 0.813. The van der Waals surface area contributed by atoms with E-state index in [1.54, 1.807) is 0 Å². The van der Waals surface area contributed by atoms with Crippen molar-refractivity contribution in [3.05, 3.63) is 12.2 Å². The Balaban J connectivity index is 1.67. The van der Waals surface area contributed by atoms with Crippen molar-refractivity contribution >= 4 is 0 Å². The Labute approximate surface area is 113 Å². The molecule has 1 heteroatoms. The second kappa shape index (κ2) is 7.33. The monoisotopic (exact) mass is 249 g/mol. The average Bonchev–Trinajstić information content (AvgIpc) is 2.37. The molecule has 1 nitrogen and oxygen atoms in total. The third-order valence-corrected chi connectivity index (χ3v) is 4.66. The van der Waals surface area contributed by atoms with Crippen LogP contribution in [0.25, 0.3) is 0 Å². The molecule has 104 valence electrons. The van der Waals surface area contributed by atoms with Gasteiger partial charge in [-0.3, -0.25) is 0 Å². The Bertz CT molecular complexity index is 256. The van der Waals surface area contributed by atoms with Gasteiger partial charge in [-0.15, -0.1) is 0 Å². The maximum absolute atomic E-state index is 3.86. The Morgan fingerprint density at radius 2 is 2.00 bits per heavy atom. The Kier molecular flexibility index (Phi) is 5.75. The molecule has 2 rings (SSSR count). The third kappa shape index (κ3) is 4.76. The first kappa shape index (κ1) is 14.1. The van der Waals surface area contributed by atoms with E-state index < -0.39 is 0 Å². The van der Waals surface area contributed by atoms with E-state index in [0.29, 0.717) is 0 Å².